The molecule has 1 N–H and O–H groups in total. The number of rotatable bonds is 6. The van der Waals surface area contributed by atoms with Crippen LogP contribution in [-0.4, -0.2) is 19.6 Å². The number of para-hydroxylation sites is 1. The number of aromatic nitrogens is 3. The Bertz CT molecular complexity index is 3330. The monoisotopic (exact) mass is 989 g/mol. The molecule has 0 spiro atoms. The van der Waals surface area contributed by atoms with E-state index >= 15 is 0 Å². The van der Waals surface area contributed by atoms with E-state index in [1.54, 1.807) is 0 Å². The van der Waals surface area contributed by atoms with Crippen molar-refractivity contribution in [1.82, 2.24) is 14.5 Å². The molecule has 0 saturated heterocycles. The minimum Gasteiger partial charge on any atom is -0.507 e. The minimum atomic E-state index is -0.606. The first-order valence-corrected chi connectivity index (χ1v) is 20.4. The van der Waals surface area contributed by atoms with Gasteiger partial charge in [-0.1, -0.05) is 158 Å². The third-order valence-corrected chi connectivity index (χ3v) is 11.2. The van der Waals surface area contributed by atoms with Crippen LogP contribution in [0.15, 0.2) is 133 Å². The molecule has 6 aromatic carbocycles. The van der Waals surface area contributed by atoms with E-state index in [1.807, 2.05) is 56.3 Å². The predicted molar refractivity (Wildman–Crippen MR) is 252 cm³/mol. The van der Waals surface area contributed by atoms with Crippen LogP contribution in [0.4, 0.5) is 0 Å². The molecule has 0 aliphatic heterocycles. The van der Waals surface area contributed by atoms with Crippen LogP contribution in [0.1, 0.15) is 101 Å². The van der Waals surface area contributed by atoms with Gasteiger partial charge in [0.1, 0.15) is 11.6 Å². The number of benzene rings is 6. The second-order valence-electron chi connectivity index (χ2n) is 18.9. The Morgan fingerprint density at radius 3 is 1.95 bits per heavy atom. The van der Waals surface area contributed by atoms with Gasteiger partial charge in [-0.2, -0.15) is 0 Å². The summed E-state index contributed by atoms with van der Waals surface area (Å²) in [6.07, 6.45) is -0.519. The smallest absolute Gasteiger partial charge is 0.148 e. The zero-order valence-electron chi connectivity index (χ0n) is 44.7. The fourth-order valence-corrected chi connectivity index (χ4v) is 7.67. The molecule has 5 heteroatoms. The molecular formula is C56H56N3OPt-. The molecule has 0 aliphatic rings. The maximum Gasteiger partial charge on any atom is 0.148 e. The van der Waals surface area contributed by atoms with Crippen LogP contribution in [0.25, 0.3) is 72.7 Å². The summed E-state index contributed by atoms with van der Waals surface area (Å²) in [7, 11) is 0. The molecule has 2 aromatic heterocycles. The Morgan fingerprint density at radius 1 is 0.623 bits per heavy atom. The number of aryl methyl sites for hydroxylation is 2. The first-order valence-electron chi connectivity index (χ1n) is 24.4. The van der Waals surface area contributed by atoms with Crippen molar-refractivity contribution in [1.29, 1.82) is 0 Å². The van der Waals surface area contributed by atoms with Crippen molar-refractivity contribution in [3.63, 3.8) is 0 Å². The number of imidazole rings is 1. The first kappa shape index (κ1) is 34.1. The Morgan fingerprint density at radius 2 is 1.28 bits per heavy atom. The van der Waals surface area contributed by atoms with Gasteiger partial charge in [-0.05, 0) is 99.3 Å². The molecule has 0 fully saturated rings. The third kappa shape index (κ3) is 8.66. The molecule has 8 rings (SSSR count). The van der Waals surface area contributed by atoms with Gasteiger partial charge in [0, 0.05) is 38.5 Å². The van der Waals surface area contributed by atoms with Gasteiger partial charge in [0.2, 0.25) is 0 Å². The van der Waals surface area contributed by atoms with Gasteiger partial charge in [-0.25, -0.2) is 4.98 Å². The maximum absolute atomic E-state index is 11.9. The van der Waals surface area contributed by atoms with Gasteiger partial charge < -0.3 is 5.11 Å². The molecule has 0 atom stereocenters. The molecule has 0 radical (unpaired) electrons. The van der Waals surface area contributed by atoms with E-state index in [0.717, 1.165) is 39.0 Å². The molecule has 0 bridgehead atoms. The first-order chi connectivity index (χ1) is 31.7. The predicted octanol–water partition coefficient (Wildman–Crippen LogP) is 14.8. The van der Waals surface area contributed by atoms with Crippen LogP contribution < -0.4 is 0 Å². The number of phenolic OH excluding ortho intramolecular Hbond substituents is 1. The molecule has 0 aliphatic carbocycles. The molecular weight excluding hydrogens is 926 g/mol. The third-order valence-electron chi connectivity index (χ3n) is 11.2. The Hall–Kier alpha value is -5.57. The van der Waals surface area contributed by atoms with E-state index in [4.69, 9.17) is 14.6 Å². The van der Waals surface area contributed by atoms with Crippen LogP contribution in [-0.2, 0) is 37.3 Å². The summed E-state index contributed by atoms with van der Waals surface area (Å²) in [5.74, 6) is 0.649. The van der Waals surface area contributed by atoms with Crippen molar-refractivity contribution < 1.29 is 37.1 Å². The average molecular weight is 990 g/mol. The largest absolute Gasteiger partial charge is 0.507 e. The van der Waals surface area contributed by atoms with Crippen molar-refractivity contribution in [2.45, 2.75) is 92.4 Å². The summed E-state index contributed by atoms with van der Waals surface area (Å²) in [5.41, 5.74) is 10.0. The van der Waals surface area contributed by atoms with Gasteiger partial charge in [0.05, 0.1) is 33.3 Å². The number of hydrogen-bond acceptors (Lipinski definition) is 3. The average Bonchev–Trinajstić information content (AvgIpc) is 3.66. The minimum absolute atomic E-state index is 0. The van der Waals surface area contributed by atoms with Crippen molar-refractivity contribution in [2.24, 2.45) is 0 Å². The number of fused-ring (bicyclic) bond motifs is 1. The van der Waals surface area contributed by atoms with Crippen LogP contribution >= 0.6 is 0 Å². The van der Waals surface area contributed by atoms with Crippen molar-refractivity contribution in [3.05, 3.63) is 167 Å². The summed E-state index contributed by atoms with van der Waals surface area (Å²) in [5, 5.41) is 11.9. The zero-order chi connectivity index (χ0) is 49.7. The molecule has 0 unspecified atom stereocenters. The SMILES string of the molecule is [2H]c1nc(-c2[c-]c(-c3cccc4c3nc(-c3cc(C)cc(C)c3O)n4-c3ccc(C(C)(C)C)cc3-c3ccc(C(C)(C)C)cc3)cc(C(C)(C)C)c2)c([2H])c(-c2c([2H])c([2H])c([2H])c([2H])c2[2H])c1[2H].[Pt]. The van der Waals surface area contributed by atoms with E-state index < -0.39 is 47.8 Å². The number of aromatic hydroxyl groups is 1. The Balaban J connectivity index is 0.00000703. The van der Waals surface area contributed by atoms with E-state index in [2.05, 4.69) is 120 Å². The van der Waals surface area contributed by atoms with E-state index in [-0.39, 0.29) is 60.5 Å². The van der Waals surface area contributed by atoms with Crippen LogP contribution in [0.5, 0.6) is 5.75 Å². The number of phenols is 1. The summed E-state index contributed by atoms with van der Waals surface area (Å²) >= 11 is 0. The maximum atomic E-state index is 11.9. The molecule has 61 heavy (non-hydrogen) atoms. The molecule has 4 nitrogen and oxygen atoms in total. The Kier molecular flexibility index (Phi) is 9.14. The van der Waals surface area contributed by atoms with Crippen LogP contribution in [0.2, 0.25) is 0 Å². The fraction of sp³-hybridized carbons (Fsp3) is 0.250. The normalized spacial score (nSPS) is 14.0. The topological polar surface area (TPSA) is 50.9 Å². The second kappa shape index (κ2) is 16.4. The summed E-state index contributed by atoms with van der Waals surface area (Å²) in [4.78, 5) is 9.88. The molecule has 312 valence electrons. The summed E-state index contributed by atoms with van der Waals surface area (Å²) < 4.78 is 71.5. The fourth-order valence-electron chi connectivity index (χ4n) is 7.67. The summed E-state index contributed by atoms with van der Waals surface area (Å²) in [6, 6.07) is 28.6. The standard InChI is InChI=1S/C56H56N3O.Pt/c1-35-28-36(2)52(60)47(29-35)53-58-51-45(40-30-41(32-44(31-40)56(9,10)11)48-33-39(26-27-57-48)37-16-13-12-14-17-37)18-15-19-50(51)59(53)49-25-24-43(55(6,7)8)34-46(49)38-20-22-42(23-21-38)54(3,4)5;/h12-29,31-34,60H,1-11H3;/q-1;/i12D,13D,14D,16D,17D,26D,27D,33D;. The molecule has 0 saturated carbocycles. The number of pyridine rings is 1. The number of nitrogens with zero attached hydrogens (tertiary/aromatic N) is 3. The van der Waals surface area contributed by atoms with E-state index in [0.29, 0.717) is 39.2 Å². The molecule has 0 amide bonds. The number of hydrogen-bond donors (Lipinski definition) is 1. The zero-order valence-corrected chi connectivity index (χ0v) is 39.0. The molecule has 2 heterocycles. The van der Waals surface area contributed by atoms with Crippen molar-refractivity contribution in [3.8, 4) is 67.5 Å². The second-order valence-corrected chi connectivity index (χ2v) is 18.9. The van der Waals surface area contributed by atoms with Crippen LogP contribution in [0, 0.1) is 19.9 Å². The van der Waals surface area contributed by atoms with Gasteiger partial charge in [0.25, 0.3) is 0 Å². The quantitative estimate of drug-likeness (QED) is 0.169. The van der Waals surface area contributed by atoms with Crippen LogP contribution in [0.3, 0.4) is 0 Å². The molecule has 8 aromatic rings. The van der Waals surface area contributed by atoms with E-state index in [9.17, 15) is 6.48 Å². The van der Waals surface area contributed by atoms with Gasteiger partial charge in [-0.3, -0.25) is 9.55 Å². The van der Waals surface area contributed by atoms with Gasteiger partial charge in [-0.15, -0.1) is 29.3 Å². The van der Waals surface area contributed by atoms with Crippen molar-refractivity contribution >= 4 is 11.0 Å². The van der Waals surface area contributed by atoms with E-state index in [1.165, 1.54) is 5.56 Å². The Labute approximate surface area is 388 Å². The van der Waals surface area contributed by atoms with Gasteiger partial charge in [0.15, 0.2) is 0 Å². The van der Waals surface area contributed by atoms with Gasteiger partial charge >= 0.3 is 0 Å². The van der Waals surface area contributed by atoms with Crippen molar-refractivity contribution in [2.75, 3.05) is 0 Å². The summed E-state index contributed by atoms with van der Waals surface area (Å²) in [6.45, 7) is 23.2.